The molecule has 2 unspecified atom stereocenters. The number of urea groups is 1. The highest BCUT2D eigenvalue weighted by molar-refractivity contribution is 5.82. The number of methoxy groups -OCH3 is 1. The molecule has 0 saturated carbocycles. The fourth-order valence-electron chi connectivity index (χ4n) is 1.64. The van der Waals surface area contributed by atoms with E-state index in [4.69, 9.17) is 9.84 Å². The standard InChI is InChI=1S/C13H26N2O4/c1-8(2)6-10(12(16)17)14-13(18)15-11(7-19-5)9(3)4/h8-11H,6-7H2,1-5H3,(H,16,17)(H2,14,15,18). The van der Waals surface area contributed by atoms with Crippen molar-refractivity contribution in [3.8, 4) is 0 Å². The van der Waals surface area contributed by atoms with Crippen LogP contribution in [0.25, 0.3) is 0 Å². The van der Waals surface area contributed by atoms with Gasteiger partial charge in [0.2, 0.25) is 0 Å². The van der Waals surface area contributed by atoms with Crippen molar-refractivity contribution in [3.05, 3.63) is 0 Å². The van der Waals surface area contributed by atoms with Crippen LogP contribution in [0.15, 0.2) is 0 Å². The monoisotopic (exact) mass is 274 g/mol. The number of aliphatic carboxylic acids is 1. The fourth-order valence-corrected chi connectivity index (χ4v) is 1.64. The van der Waals surface area contributed by atoms with Crippen LogP contribution in [0.5, 0.6) is 0 Å². The molecule has 0 bridgehead atoms. The zero-order valence-electron chi connectivity index (χ0n) is 12.4. The van der Waals surface area contributed by atoms with Crippen LogP contribution >= 0.6 is 0 Å². The van der Waals surface area contributed by atoms with E-state index in [1.807, 2.05) is 27.7 Å². The van der Waals surface area contributed by atoms with Gasteiger partial charge >= 0.3 is 12.0 Å². The molecule has 112 valence electrons. The number of hydrogen-bond donors (Lipinski definition) is 3. The summed E-state index contributed by atoms with van der Waals surface area (Å²) in [4.78, 5) is 22.8. The zero-order chi connectivity index (χ0) is 15.0. The summed E-state index contributed by atoms with van der Waals surface area (Å²) in [6, 6.07) is -1.47. The van der Waals surface area contributed by atoms with E-state index in [1.54, 1.807) is 7.11 Å². The maximum Gasteiger partial charge on any atom is 0.326 e. The van der Waals surface area contributed by atoms with E-state index >= 15 is 0 Å². The van der Waals surface area contributed by atoms with Gasteiger partial charge in [0.25, 0.3) is 0 Å². The molecule has 0 spiro atoms. The van der Waals surface area contributed by atoms with E-state index in [0.29, 0.717) is 13.0 Å². The molecule has 0 heterocycles. The largest absolute Gasteiger partial charge is 0.480 e. The van der Waals surface area contributed by atoms with Gasteiger partial charge in [0, 0.05) is 7.11 Å². The van der Waals surface area contributed by atoms with E-state index in [9.17, 15) is 9.59 Å². The first-order valence-corrected chi connectivity index (χ1v) is 6.56. The lowest BCUT2D eigenvalue weighted by Gasteiger charge is -2.23. The third kappa shape index (κ3) is 7.66. The van der Waals surface area contributed by atoms with Gasteiger partial charge in [-0.2, -0.15) is 0 Å². The van der Waals surface area contributed by atoms with E-state index in [0.717, 1.165) is 0 Å². The number of carboxylic acid groups (broad SMARTS) is 1. The molecule has 0 aromatic carbocycles. The summed E-state index contributed by atoms with van der Waals surface area (Å²) in [6.07, 6.45) is 0.402. The lowest BCUT2D eigenvalue weighted by Crippen LogP contribution is -2.51. The number of nitrogens with one attached hydrogen (secondary N) is 2. The molecule has 19 heavy (non-hydrogen) atoms. The molecule has 0 aliphatic heterocycles. The molecule has 0 aliphatic rings. The van der Waals surface area contributed by atoms with Crippen LogP contribution in [0.1, 0.15) is 34.1 Å². The Morgan fingerprint density at radius 3 is 2.11 bits per heavy atom. The average molecular weight is 274 g/mol. The van der Waals surface area contributed by atoms with E-state index in [-0.39, 0.29) is 17.9 Å². The second-order valence-electron chi connectivity index (χ2n) is 5.44. The molecule has 0 radical (unpaired) electrons. The lowest BCUT2D eigenvalue weighted by molar-refractivity contribution is -0.139. The van der Waals surface area contributed by atoms with E-state index in [1.165, 1.54) is 0 Å². The van der Waals surface area contributed by atoms with Crippen molar-refractivity contribution in [1.82, 2.24) is 10.6 Å². The Hall–Kier alpha value is -1.30. The maximum atomic E-state index is 11.8. The molecule has 3 N–H and O–H groups in total. The SMILES string of the molecule is COCC(NC(=O)NC(CC(C)C)C(=O)O)C(C)C. The van der Waals surface area contributed by atoms with Crippen molar-refractivity contribution in [2.75, 3.05) is 13.7 Å². The summed E-state index contributed by atoms with van der Waals surface area (Å²) in [5, 5.41) is 14.3. The van der Waals surface area contributed by atoms with E-state index in [2.05, 4.69) is 10.6 Å². The Bertz CT molecular complexity index is 292. The van der Waals surface area contributed by atoms with Crippen molar-refractivity contribution in [1.29, 1.82) is 0 Å². The van der Waals surface area contributed by atoms with Gasteiger partial charge in [-0.05, 0) is 18.3 Å². The predicted octanol–water partition coefficient (Wildman–Crippen LogP) is 1.46. The van der Waals surface area contributed by atoms with Crippen molar-refractivity contribution in [3.63, 3.8) is 0 Å². The second kappa shape index (κ2) is 8.74. The summed E-state index contributed by atoms with van der Waals surface area (Å²) in [5.74, 6) is -0.614. The molecule has 6 nitrogen and oxygen atoms in total. The van der Waals surface area contributed by atoms with Crippen LogP contribution in [0.4, 0.5) is 4.79 Å². The van der Waals surface area contributed by atoms with Gasteiger partial charge in [0.05, 0.1) is 12.6 Å². The molecule has 0 fully saturated rings. The summed E-state index contributed by atoms with van der Waals surface area (Å²) < 4.78 is 5.02. The average Bonchev–Trinajstić information content (AvgIpc) is 2.26. The zero-order valence-corrected chi connectivity index (χ0v) is 12.4. The molecule has 0 aromatic heterocycles. The van der Waals surface area contributed by atoms with Crippen LogP contribution in [0, 0.1) is 11.8 Å². The van der Waals surface area contributed by atoms with Gasteiger partial charge in [-0.1, -0.05) is 27.7 Å². The number of carboxylic acids is 1. The number of ether oxygens (including phenoxy) is 1. The molecule has 0 aromatic rings. The number of carbonyl (C=O) groups excluding carboxylic acids is 1. The first kappa shape index (κ1) is 17.7. The summed E-state index contributed by atoms with van der Waals surface area (Å²) in [7, 11) is 1.56. The van der Waals surface area contributed by atoms with Crippen molar-refractivity contribution < 1.29 is 19.4 Å². The van der Waals surface area contributed by atoms with Crippen LogP contribution in [0.2, 0.25) is 0 Å². The van der Waals surface area contributed by atoms with Crippen molar-refractivity contribution in [2.24, 2.45) is 11.8 Å². The third-order valence-corrected chi connectivity index (χ3v) is 2.78. The summed E-state index contributed by atoms with van der Waals surface area (Å²) >= 11 is 0. The Morgan fingerprint density at radius 1 is 1.16 bits per heavy atom. The first-order chi connectivity index (χ1) is 8.77. The van der Waals surface area contributed by atoms with Gasteiger partial charge in [-0.25, -0.2) is 9.59 Å². The number of rotatable bonds is 8. The lowest BCUT2D eigenvalue weighted by atomic mass is 10.0. The highest BCUT2D eigenvalue weighted by Gasteiger charge is 2.23. The van der Waals surface area contributed by atoms with E-state index < -0.39 is 18.0 Å². The predicted molar refractivity (Wildman–Crippen MR) is 73.0 cm³/mol. The quantitative estimate of drug-likeness (QED) is 0.625. The number of hydrogen-bond acceptors (Lipinski definition) is 3. The van der Waals surface area contributed by atoms with Crippen LogP contribution in [0.3, 0.4) is 0 Å². The minimum Gasteiger partial charge on any atom is -0.480 e. The minimum absolute atomic E-state index is 0.140. The van der Waals surface area contributed by atoms with Crippen molar-refractivity contribution >= 4 is 12.0 Å². The Balaban J connectivity index is 4.43. The molecular weight excluding hydrogens is 248 g/mol. The summed E-state index contributed by atoms with van der Waals surface area (Å²) in [5.41, 5.74) is 0. The van der Waals surface area contributed by atoms with Gasteiger partial charge in [-0.15, -0.1) is 0 Å². The normalized spacial score (nSPS) is 14.3. The topological polar surface area (TPSA) is 87.7 Å². The second-order valence-corrected chi connectivity index (χ2v) is 5.44. The summed E-state index contributed by atoms with van der Waals surface area (Å²) in [6.45, 7) is 8.15. The van der Waals surface area contributed by atoms with Crippen LogP contribution < -0.4 is 10.6 Å². The highest BCUT2D eigenvalue weighted by Crippen LogP contribution is 2.06. The maximum absolute atomic E-state index is 11.8. The molecule has 2 atom stereocenters. The Morgan fingerprint density at radius 2 is 1.74 bits per heavy atom. The highest BCUT2D eigenvalue weighted by atomic mass is 16.5. The Kier molecular flexibility index (Phi) is 8.14. The molecule has 0 rings (SSSR count). The molecule has 0 aliphatic carbocycles. The molecular formula is C13H26N2O4. The number of amides is 2. The minimum atomic E-state index is -1.02. The smallest absolute Gasteiger partial charge is 0.326 e. The fraction of sp³-hybridized carbons (Fsp3) is 0.846. The molecule has 6 heteroatoms. The van der Waals surface area contributed by atoms with Crippen molar-refractivity contribution in [2.45, 2.75) is 46.2 Å². The van der Waals surface area contributed by atoms with Gasteiger partial charge < -0.3 is 20.5 Å². The molecule has 2 amide bonds. The van der Waals surface area contributed by atoms with Gasteiger partial charge in [0.15, 0.2) is 0 Å². The van der Waals surface area contributed by atoms with Crippen LogP contribution in [-0.4, -0.2) is 42.9 Å². The van der Waals surface area contributed by atoms with Gasteiger partial charge in [-0.3, -0.25) is 0 Å². The first-order valence-electron chi connectivity index (χ1n) is 6.56. The molecule has 0 saturated heterocycles. The Labute approximate surface area is 114 Å². The van der Waals surface area contributed by atoms with Crippen LogP contribution in [-0.2, 0) is 9.53 Å². The van der Waals surface area contributed by atoms with Gasteiger partial charge in [0.1, 0.15) is 6.04 Å². The third-order valence-electron chi connectivity index (χ3n) is 2.78. The number of carbonyl (C=O) groups is 2.